The maximum atomic E-state index is 12.6. The second kappa shape index (κ2) is 8.89. The highest BCUT2D eigenvalue weighted by atomic mass is 16.6. The number of ketones is 1. The molecule has 1 unspecified atom stereocenters. The number of nitro groups is 1. The average Bonchev–Trinajstić information content (AvgIpc) is 3.09. The van der Waals surface area contributed by atoms with Gasteiger partial charge in [-0.05, 0) is 37.1 Å². The van der Waals surface area contributed by atoms with E-state index in [9.17, 15) is 19.7 Å². The monoisotopic (exact) mass is 360 g/mol. The van der Waals surface area contributed by atoms with Gasteiger partial charge in [-0.15, -0.1) is 0 Å². The number of ether oxygens (including phenoxy) is 1. The fourth-order valence-electron chi connectivity index (χ4n) is 2.66. The summed E-state index contributed by atoms with van der Waals surface area (Å²) in [7, 11) is 0. The number of allylic oxidation sites excluding steroid dienone is 1. The van der Waals surface area contributed by atoms with Crippen LogP contribution in [0, 0.1) is 10.1 Å². The van der Waals surface area contributed by atoms with Crippen LogP contribution in [-0.4, -0.2) is 40.1 Å². The summed E-state index contributed by atoms with van der Waals surface area (Å²) in [5.41, 5.74) is -1.02. The first-order valence-electron chi connectivity index (χ1n) is 8.28. The summed E-state index contributed by atoms with van der Waals surface area (Å²) in [6.45, 7) is -0.200. The summed E-state index contributed by atoms with van der Waals surface area (Å²) in [5, 5.41) is 19.3. The molecule has 0 fully saturated rings. The Labute approximate surface area is 150 Å². The highest BCUT2D eigenvalue weighted by Crippen LogP contribution is 2.27. The van der Waals surface area contributed by atoms with Crippen LogP contribution in [0.4, 0.5) is 5.69 Å². The van der Waals surface area contributed by atoms with E-state index in [0.29, 0.717) is 31.4 Å². The van der Waals surface area contributed by atoms with Gasteiger partial charge in [0.25, 0.3) is 5.69 Å². The number of carboxylic acids is 1. The van der Waals surface area contributed by atoms with E-state index in [1.165, 1.54) is 24.3 Å². The minimum Gasteiger partial charge on any atom is -0.486 e. The number of hydrogen-bond acceptors (Lipinski definition) is 6. The van der Waals surface area contributed by atoms with Crippen LogP contribution in [-0.2, 0) is 9.59 Å². The van der Waals surface area contributed by atoms with Crippen LogP contribution in [0.15, 0.2) is 41.4 Å². The van der Waals surface area contributed by atoms with E-state index in [0.717, 1.165) is 0 Å². The average molecular weight is 360 g/mol. The Morgan fingerprint density at radius 2 is 1.92 bits per heavy atom. The summed E-state index contributed by atoms with van der Waals surface area (Å²) in [6, 6.07) is 5.51. The van der Waals surface area contributed by atoms with E-state index in [1.807, 2.05) is 0 Å². The molecule has 1 aliphatic rings. The first kappa shape index (κ1) is 19.3. The number of unbranched alkanes of at least 4 members (excludes halogenated alkanes) is 2. The van der Waals surface area contributed by atoms with Crippen LogP contribution in [0.3, 0.4) is 0 Å². The van der Waals surface area contributed by atoms with Crippen LogP contribution in [0.2, 0.25) is 0 Å². The van der Waals surface area contributed by atoms with Crippen LogP contribution < -0.4 is 4.74 Å². The molecule has 0 spiro atoms. The maximum Gasteiger partial charge on any atom is 0.303 e. The number of hydrogen-bond donors (Lipinski definition) is 1. The molecule has 0 saturated heterocycles. The Bertz CT molecular complexity index is 712. The van der Waals surface area contributed by atoms with Gasteiger partial charge in [0.2, 0.25) is 5.78 Å². The third kappa shape index (κ3) is 5.23. The normalized spacial score (nSPS) is 18.0. The van der Waals surface area contributed by atoms with Crippen molar-refractivity contribution in [1.82, 2.24) is 0 Å². The lowest BCUT2D eigenvalue weighted by molar-refractivity contribution is -0.384. The van der Waals surface area contributed by atoms with Gasteiger partial charge < -0.3 is 9.84 Å². The fourth-order valence-corrected chi connectivity index (χ4v) is 2.66. The number of aliphatic imine (C=N–C) groups is 1. The number of carbonyl (C=O) groups is 2. The van der Waals surface area contributed by atoms with Gasteiger partial charge in [-0.2, -0.15) is 0 Å². The summed E-state index contributed by atoms with van der Waals surface area (Å²) >= 11 is 0. The maximum absolute atomic E-state index is 12.6. The number of carbonyl (C=O) groups excluding carboxylic acids is 1. The molecule has 1 atom stereocenters. The molecule has 0 radical (unpaired) electrons. The van der Waals surface area contributed by atoms with E-state index in [4.69, 9.17) is 9.84 Å². The smallest absolute Gasteiger partial charge is 0.303 e. The van der Waals surface area contributed by atoms with Crippen molar-refractivity contribution in [2.75, 3.05) is 6.61 Å². The Balaban J connectivity index is 1.87. The molecule has 0 aliphatic carbocycles. The SMILES string of the molecule is O=C(O)CCCCCC1(C(=O)COc2ccc([N+](=O)[O-])cc2)C=CC=N1. The first-order chi connectivity index (χ1) is 12.4. The molecule has 8 nitrogen and oxygen atoms in total. The molecular formula is C18H20N2O6. The molecule has 1 N–H and O–H groups in total. The molecule has 2 rings (SSSR count). The van der Waals surface area contributed by atoms with Crippen molar-refractivity contribution in [2.24, 2.45) is 4.99 Å². The minimum atomic E-state index is -0.968. The minimum absolute atomic E-state index is 0.0511. The quantitative estimate of drug-likeness (QED) is 0.368. The van der Waals surface area contributed by atoms with Crippen molar-refractivity contribution in [3.8, 4) is 5.75 Å². The molecule has 1 aromatic carbocycles. The number of benzene rings is 1. The molecule has 0 saturated carbocycles. The Hall–Kier alpha value is -3.03. The Morgan fingerprint density at radius 1 is 1.19 bits per heavy atom. The Kier molecular flexibility index (Phi) is 6.60. The summed E-state index contributed by atoms with van der Waals surface area (Å²) in [6.07, 6.45) is 7.55. The van der Waals surface area contributed by atoms with E-state index < -0.39 is 16.4 Å². The second-order valence-electron chi connectivity index (χ2n) is 5.98. The highest BCUT2D eigenvalue weighted by molar-refractivity contribution is 5.96. The highest BCUT2D eigenvalue weighted by Gasteiger charge is 2.36. The second-order valence-corrected chi connectivity index (χ2v) is 5.98. The van der Waals surface area contributed by atoms with Crippen LogP contribution in [0.1, 0.15) is 32.1 Å². The molecule has 1 aromatic rings. The number of carboxylic acid groups (broad SMARTS) is 1. The third-order valence-corrected chi connectivity index (χ3v) is 4.11. The van der Waals surface area contributed by atoms with Crippen LogP contribution in [0.5, 0.6) is 5.75 Å². The van der Waals surface area contributed by atoms with Gasteiger partial charge >= 0.3 is 5.97 Å². The number of Topliss-reactive ketones (excluding diaryl/α,β-unsaturated/α-hetero) is 1. The van der Waals surface area contributed by atoms with Crippen molar-refractivity contribution >= 4 is 23.7 Å². The lowest BCUT2D eigenvalue weighted by Gasteiger charge is -2.22. The van der Waals surface area contributed by atoms with E-state index >= 15 is 0 Å². The van der Waals surface area contributed by atoms with E-state index in [2.05, 4.69) is 4.99 Å². The lowest BCUT2D eigenvalue weighted by Crippen LogP contribution is -2.37. The zero-order valence-corrected chi connectivity index (χ0v) is 14.2. The molecule has 8 heteroatoms. The number of nitrogens with zero attached hydrogens (tertiary/aromatic N) is 2. The predicted octanol–water partition coefficient (Wildman–Crippen LogP) is 2.96. The molecule has 1 heterocycles. The third-order valence-electron chi connectivity index (χ3n) is 4.11. The van der Waals surface area contributed by atoms with Gasteiger partial charge in [-0.25, -0.2) is 0 Å². The number of non-ortho nitro benzene ring substituents is 1. The molecular weight excluding hydrogens is 340 g/mol. The summed E-state index contributed by atoms with van der Waals surface area (Å²) < 4.78 is 5.44. The molecule has 0 bridgehead atoms. The molecule has 1 aliphatic heterocycles. The van der Waals surface area contributed by atoms with Gasteiger partial charge in [0.05, 0.1) is 4.92 Å². The standard InChI is InChI=1S/C18H20N2O6/c21-16(13-26-15-8-6-14(7-9-15)20(24)25)18(11-4-12-19-18)10-3-1-2-5-17(22)23/h4,6-9,11-12H,1-3,5,10,13H2,(H,22,23). The molecule has 138 valence electrons. The van der Waals surface area contributed by atoms with Crippen molar-refractivity contribution < 1.29 is 24.4 Å². The summed E-state index contributed by atoms with van der Waals surface area (Å²) in [4.78, 5) is 37.5. The van der Waals surface area contributed by atoms with E-state index in [-0.39, 0.29) is 24.5 Å². The molecule has 0 amide bonds. The topological polar surface area (TPSA) is 119 Å². The largest absolute Gasteiger partial charge is 0.486 e. The number of rotatable bonds is 11. The van der Waals surface area contributed by atoms with E-state index in [1.54, 1.807) is 18.4 Å². The van der Waals surface area contributed by atoms with Gasteiger partial charge in [0, 0.05) is 24.8 Å². The van der Waals surface area contributed by atoms with Crippen molar-refractivity contribution in [2.45, 2.75) is 37.6 Å². The summed E-state index contributed by atoms with van der Waals surface area (Å²) in [5.74, 6) is -0.670. The molecule has 0 aromatic heterocycles. The van der Waals surface area contributed by atoms with Gasteiger partial charge in [-0.1, -0.05) is 12.8 Å². The zero-order valence-electron chi connectivity index (χ0n) is 14.2. The van der Waals surface area contributed by atoms with Crippen LogP contribution in [0.25, 0.3) is 0 Å². The molecule has 26 heavy (non-hydrogen) atoms. The van der Waals surface area contributed by atoms with Crippen molar-refractivity contribution in [1.29, 1.82) is 0 Å². The zero-order chi connectivity index (χ0) is 19.0. The van der Waals surface area contributed by atoms with Crippen LogP contribution >= 0.6 is 0 Å². The lowest BCUT2D eigenvalue weighted by atomic mass is 9.89. The van der Waals surface area contributed by atoms with Gasteiger partial charge in [0.1, 0.15) is 17.9 Å². The van der Waals surface area contributed by atoms with Gasteiger partial charge in [0.15, 0.2) is 0 Å². The van der Waals surface area contributed by atoms with Gasteiger partial charge in [-0.3, -0.25) is 24.7 Å². The predicted molar refractivity (Wildman–Crippen MR) is 94.7 cm³/mol. The number of nitro benzene ring substituents is 1. The van der Waals surface area contributed by atoms with Crippen molar-refractivity contribution in [3.63, 3.8) is 0 Å². The Morgan fingerprint density at radius 3 is 2.50 bits per heavy atom. The first-order valence-corrected chi connectivity index (χ1v) is 8.28. The fraction of sp³-hybridized carbons (Fsp3) is 0.389. The number of aliphatic carboxylic acids is 1. The van der Waals surface area contributed by atoms with Crippen molar-refractivity contribution in [3.05, 3.63) is 46.5 Å².